The van der Waals surface area contributed by atoms with E-state index in [4.69, 9.17) is 37.0 Å². The summed E-state index contributed by atoms with van der Waals surface area (Å²) in [6, 6.07) is 12.1. The zero-order chi connectivity index (χ0) is 34.8. The number of aromatic amines is 1. The predicted molar refractivity (Wildman–Crippen MR) is 163 cm³/mol. The van der Waals surface area contributed by atoms with E-state index in [1.54, 1.807) is 0 Å². The number of hydrogen-bond donors (Lipinski definition) is 6. The van der Waals surface area contributed by atoms with E-state index in [-0.39, 0.29) is 0 Å². The molecule has 0 radical (unpaired) electrons. The molecule has 256 valence electrons. The summed E-state index contributed by atoms with van der Waals surface area (Å²) in [6.07, 6.45) is -10.2. The maximum absolute atomic E-state index is 10.6. The molecular weight excluding hydrogens is 628 g/mol. The number of alkyl halides is 6. The molecule has 0 unspecified atom stereocenters. The van der Waals surface area contributed by atoms with Crippen LogP contribution in [0.1, 0.15) is 0 Å². The second kappa shape index (κ2) is 16.1. The number of aliphatic carboxylic acids is 2. The van der Waals surface area contributed by atoms with Crippen LogP contribution in [0, 0.1) is 0 Å². The average molecular weight is 666 g/mol. The number of nitrogen functional groups attached to an aromatic ring is 3. The molecule has 2 aliphatic rings. The molecule has 2 aliphatic heterocycles. The molecule has 5 rings (SSSR count). The molecule has 0 atom stereocenters. The highest BCUT2D eigenvalue weighted by Crippen LogP contribution is 2.24. The highest BCUT2D eigenvalue weighted by molar-refractivity contribution is 5.81. The van der Waals surface area contributed by atoms with Crippen molar-refractivity contribution in [3.63, 3.8) is 0 Å². The van der Waals surface area contributed by atoms with Gasteiger partial charge in [0.05, 0.1) is 22.4 Å². The van der Waals surface area contributed by atoms with Gasteiger partial charge in [0.1, 0.15) is 0 Å². The first-order chi connectivity index (χ1) is 21.3. The van der Waals surface area contributed by atoms with E-state index < -0.39 is 24.3 Å². The number of nitrogens with one attached hydrogen (secondary N) is 1. The Hall–Kier alpha value is -4.65. The van der Waals surface area contributed by atoms with Gasteiger partial charge in [-0.25, -0.2) is 14.6 Å². The topological polar surface area (TPSA) is 194 Å². The molecule has 2 aromatic carbocycles. The smallest absolute Gasteiger partial charge is 0.475 e. The van der Waals surface area contributed by atoms with Crippen molar-refractivity contribution >= 4 is 51.7 Å². The van der Waals surface area contributed by atoms with E-state index in [1.807, 2.05) is 24.3 Å². The summed E-state index contributed by atoms with van der Waals surface area (Å²) < 4.78 is 63.5. The Morgan fingerprint density at radius 1 is 0.696 bits per heavy atom. The number of carboxylic acid groups (broad SMARTS) is 2. The lowest BCUT2D eigenvalue weighted by atomic mass is 10.2. The number of hydrogen-bond acceptors (Lipinski definition) is 10. The largest absolute Gasteiger partial charge is 0.490 e. The highest BCUT2D eigenvalue weighted by Gasteiger charge is 2.38. The van der Waals surface area contributed by atoms with Gasteiger partial charge in [-0.15, -0.1) is 0 Å². The molecule has 0 amide bonds. The van der Waals surface area contributed by atoms with Gasteiger partial charge in [-0.05, 0) is 50.5 Å². The molecule has 2 fully saturated rings. The van der Waals surface area contributed by atoms with Gasteiger partial charge in [0.25, 0.3) is 0 Å². The summed E-state index contributed by atoms with van der Waals surface area (Å²) >= 11 is 0. The number of benzene rings is 2. The molecule has 46 heavy (non-hydrogen) atoms. The summed E-state index contributed by atoms with van der Waals surface area (Å²) in [5.74, 6) is -5.03. The second-order valence-corrected chi connectivity index (χ2v) is 10.3. The number of H-pyrrole nitrogens is 1. The van der Waals surface area contributed by atoms with Crippen molar-refractivity contribution in [1.29, 1.82) is 0 Å². The number of nitrogens with two attached hydrogens (primary N) is 3. The third kappa shape index (κ3) is 12.0. The van der Waals surface area contributed by atoms with Crippen LogP contribution in [0.2, 0.25) is 0 Å². The molecule has 3 aromatic rings. The number of nitrogens with zero attached hydrogens (tertiary/aromatic N) is 5. The number of likely N-dealkylation sites (N-methyl/N-ethyl adjacent to an activating group) is 2. The lowest BCUT2D eigenvalue weighted by Gasteiger charge is -2.34. The second-order valence-electron chi connectivity index (χ2n) is 10.3. The van der Waals surface area contributed by atoms with Gasteiger partial charge in [-0.1, -0.05) is 0 Å². The third-order valence-electron chi connectivity index (χ3n) is 6.78. The van der Waals surface area contributed by atoms with E-state index in [2.05, 4.69) is 55.8 Å². The Balaban J connectivity index is 0.000000232. The number of piperazine rings is 2. The van der Waals surface area contributed by atoms with Crippen LogP contribution in [0.5, 0.6) is 0 Å². The predicted octanol–water partition coefficient (Wildman–Crippen LogP) is 2.77. The van der Waals surface area contributed by atoms with Crippen molar-refractivity contribution in [1.82, 2.24) is 19.8 Å². The van der Waals surface area contributed by atoms with Crippen LogP contribution in [0.4, 0.5) is 55.0 Å². The van der Waals surface area contributed by atoms with E-state index in [0.717, 1.165) is 63.4 Å². The fraction of sp³-hybridized carbons (Fsp3) is 0.444. The number of carbonyl (C=O) groups is 2. The van der Waals surface area contributed by atoms with Crippen molar-refractivity contribution in [2.45, 2.75) is 12.4 Å². The maximum Gasteiger partial charge on any atom is 0.490 e. The van der Waals surface area contributed by atoms with E-state index in [9.17, 15) is 26.3 Å². The Morgan fingerprint density at radius 3 is 1.48 bits per heavy atom. The first-order valence-corrected chi connectivity index (χ1v) is 13.7. The third-order valence-corrected chi connectivity index (χ3v) is 6.78. The SMILES string of the molecule is CN1CCN(c2ccc(N)c(N)c2)CC1.CN1CCN(c2ccc3nc(N)[nH]c3c2)CC1.O=C(O)C(F)(F)F.O=C(O)C(F)(F)F. The molecule has 0 bridgehead atoms. The zero-order valence-corrected chi connectivity index (χ0v) is 25.1. The van der Waals surface area contributed by atoms with Gasteiger partial charge in [0.15, 0.2) is 5.95 Å². The number of anilines is 5. The molecule has 0 spiro atoms. The van der Waals surface area contributed by atoms with Crippen LogP contribution < -0.4 is 27.0 Å². The van der Waals surface area contributed by atoms with Crippen LogP contribution in [0.15, 0.2) is 36.4 Å². The van der Waals surface area contributed by atoms with Crippen LogP contribution in [0.3, 0.4) is 0 Å². The fourth-order valence-electron chi connectivity index (χ4n) is 4.10. The van der Waals surface area contributed by atoms with Gasteiger partial charge < -0.3 is 52.0 Å². The Morgan fingerprint density at radius 2 is 1.09 bits per heavy atom. The minimum atomic E-state index is -5.08. The fourth-order valence-corrected chi connectivity index (χ4v) is 4.10. The minimum Gasteiger partial charge on any atom is -0.475 e. The number of imidazole rings is 1. The van der Waals surface area contributed by atoms with E-state index >= 15 is 0 Å². The maximum atomic E-state index is 10.6. The Kier molecular flexibility index (Phi) is 13.1. The summed E-state index contributed by atoms with van der Waals surface area (Å²) in [5.41, 5.74) is 22.8. The number of halogens is 6. The van der Waals surface area contributed by atoms with Gasteiger partial charge >= 0.3 is 24.3 Å². The zero-order valence-electron chi connectivity index (χ0n) is 25.1. The van der Waals surface area contributed by atoms with Crippen molar-refractivity contribution in [3.8, 4) is 0 Å². The molecular formula is C27H37F6N9O4. The molecule has 3 heterocycles. The minimum absolute atomic E-state index is 0.482. The van der Waals surface area contributed by atoms with Crippen LogP contribution >= 0.6 is 0 Å². The standard InChI is InChI=1S/C12H17N5.C11H18N4.2C2HF3O2/c1-16-4-6-17(7-5-16)9-2-3-10-11(8-9)15-12(13)14-10;1-14-4-6-15(7-5-14)9-2-3-10(12)11(13)8-9;2*3-2(4,5)1(6)7/h2-3,8H,4-7H2,1H3,(H3,13,14,15);2-3,8H,4-7,12-13H2,1H3;2*(H,6,7). The molecule has 0 saturated carbocycles. The van der Waals surface area contributed by atoms with Crippen molar-refractivity contribution < 1.29 is 46.1 Å². The van der Waals surface area contributed by atoms with Crippen molar-refractivity contribution in [3.05, 3.63) is 36.4 Å². The molecule has 19 heteroatoms. The van der Waals surface area contributed by atoms with Gasteiger partial charge in [-0.3, -0.25) is 0 Å². The monoisotopic (exact) mass is 665 g/mol. The summed E-state index contributed by atoms with van der Waals surface area (Å²) in [5, 5.41) is 14.2. The summed E-state index contributed by atoms with van der Waals surface area (Å²) in [4.78, 5) is 34.5. The lowest BCUT2D eigenvalue weighted by molar-refractivity contribution is -0.193. The molecule has 2 saturated heterocycles. The van der Waals surface area contributed by atoms with E-state index in [1.165, 1.54) is 11.4 Å². The van der Waals surface area contributed by atoms with Crippen molar-refractivity contribution in [2.24, 2.45) is 0 Å². The lowest BCUT2D eigenvalue weighted by Crippen LogP contribution is -2.44. The van der Waals surface area contributed by atoms with Gasteiger partial charge in [0.2, 0.25) is 0 Å². The van der Waals surface area contributed by atoms with Crippen molar-refractivity contribution in [2.75, 3.05) is 93.5 Å². The van der Waals surface area contributed by atoms with Crippen LogP contribution in [-0.4, -0.2) is 121 Å². The molecule has 1 aromatic heterocycles. The number of carboxylic acids is 2. The molecule has 9 N–H and O–H groups in total. The van der Waals surface area contributed by atoms with E-state index in [0.29, 0.717) is 17.3 Å². The van der Waals surface area contributed by atoms with Crippen LogP contribution in [-0.2, 0) is 9.59 Å². The molecule has 0 aliphatic carbocycles. The van der Waals surface area contributed by atoms with Gasteiger partial charge in [-0.2, -0.15) is 26.3 Å². The quantitative estimate of drug-likeness (QED) is 0.173. The first-order valence-electron chi connectivity index (χ1n) is 13.7. The Labute approximate surface area is 260 Å². The number of rotatable bonds is 2. The average Bonchev–Trinajstić information content (AvgIpc) is 3.35. The Bertz CT molecular complexity index is 1410. The highest BCUT2D eigenvalue weighted by atomic mass is 19.4. The van der Waals surface area contributed by atoms with Crippen LogP contribution in [0.25, 0.3) is 11.0 Å². The van der Waals surface area contributed by atoms with Gasteiger partial charge in [0, 0.05) is 63.7 Å². The summed E-state index contributed by atoms with van der Waals surface area (Å²) in [6.45, 7) is 8.69. The number of fused-ring (bicyclic) bond motifs is 1. The molecule has 13 nitrogen and oxygen atoms in total. The number of aromatic nitrogens is 2. The first kappa shape index (κ1) is 37.5. The normalized spacial score (nSPS) is 15.9. The summed E-state index contributed by atoms with van der Waals surface area (Å²) in [7, 11) is 4.31.